The minimum absolute atomic E-state index is 0.0421. The highest BCUT2D eigenvalue weighted by molar-refractivity contribution is 6.11. The van der Waals surface area contributed by atoms with Gasteiger partial charge in [0.2, 0.25) is 0 Å². The first kappa shape index (κ1) is 23.4. The summed E-state index contributed by atoms with van der Waals surface area (Å²) in [5.41, 5.74) is 1.63. The summed E-state index contributed by atoms with van der Waals surface area (Å²) in [6.45, 7) is 0. The highest BCUT2D eigenvalue weighted by atomic mass is 16.3. The first-order valence-corrected chi connectivity index (χ1v) is 18.9. The van der Waals surface area contributed by atoms with Gasteiger partial charge in [-0.2, -0.15) is 0 Å². The van der Waals surface area contributed by atoms with E-state index in [-0.39, 0.29) is 27.8 Å². The van der Waals surface area contributed by atoms with Crippen LogP contribution in [-0.2, 0) is 0 Å². The minimum atomic E-state index is -0.730. The van der Waals surface area contributed by atoms with E-state index in [0.29, 0.717) is 27.5 Å². The number of benzene rings is 10. The van der Waals surface area contributed by atoms with Crippen LogP contribution < -0.4 is 4.90 Å². The van der Waals surface area contributed by atoms with E-state index >= 15 is 0 Å². The third-order valence-corrected chi connectivity index (χ3v) is 10.6. The molecule has 272 valence electrons. The lowest BCUT2D eigenvalue weighted by atomic mass is 9.96. The topological polar surface area (TPSA) is 16.4 Å². The standard InChI is InChI=1S/C56H37NO/c1-3-16-46-40(12-1)14-9-20-48(46)42-28-26-38(27-29-42)39-30-34-44(35-31-39)57(45-36-32-43(33-37-45)49-21-10-15-41-13-2-4-17-47(41)49)54-24-7-5-18-50(54)52-22-11-23-53-51-19-6-8-25-55(51)58-56(52)53/h1-37H/i5D,7D,18D,24D,30D,31D,32D,33D,34D,35D,36D,37D. The van der Waals surface area contributed by atoms with E-state index in [1.807, 2.05) is 91.0 Å². The molecule has 11 aromatic rings. The van der Waals surface area contributed by atoms with Crippen molar-refractivity contribution in [2.75, 3.05) is 4.90 Å². The smallest absolute Gasteiger partial charge is 0.143 e. The molecule has 0 aliphatic rings. The molecule has 2 heteroatoms. The second-order valence-electron chi connectivity index (χ2n) is 13.9. The summed E-state index contributed by atoms with van der Waals surface area (Å²) < 4.78 is 121. The molecule has 0 amide bonds. The SMILES string of the molecule is [2H]c1c([2H])c([2H])c(N(c2c([2H])c([2H])c(-c3ccc(-c4cccc5ccccc45)cc3)c([2H])c2[2H])c2c([2H])c([2H])c(-c3cccc4ccccc34)c([2H])c2[2H])c(-c2cccc3c2oc2ccccc23)c1[2H]. The molecule has 58 heavy (non-hydrogen) atoms. The number of hydrogen-bond donors (Lipinski definition) is 0. The monoisotopic (exact) mass is 751 g/mol. The number of furan rings is 1. The molecule has 0 bridgehead atoms. The Kier molecular flexibility index (Phi) is 5.70. The number of para-hydroxylation sites is 3. The molecule has 1 heterocycles. The van der Waals surface area contributed by atoms with Crippen LogP contribution in [0.25, 0.3) is 88.0 Å². The predicted molar refractivity (Wildman–Crippen MR) is 245 cm³/mol. The zero-order valence-corrected chi connectivity index (χ0v) is 30.8. The quantitative estimate of drug-likeness (QED) is 0.161. The Bertz CT molecular complexity index is 3930. The summed E-state index contributed by atoms with van der Waals surface area (Å²) in [4.78, 5) is 0.955. The van der Waals surface area contributed by atoms with Crippen LogP contribution in [-0.4, -0.2) is 0 Å². The fraction of sp³-hybridized carbons (Fsp3) is 0. The van der Waals surface area contributed by atoms with Crippen LogP contribution in [0, 0.1) is 0 Å². The van der Waals surface area contributed by atoms with Gasteiger partial charge in [0.25, 0.3) is 0 Å². The lowest BCUT2D eigenvalue weighted by Crippen LogP contribution is -2.11. The van der Waals surface area contributed by atoms with Crippen LogP contribution in [0.15, 0.2) is 229 Å². The minimum Gasteiger partial charge on any atom is -0.455 e. The molecule has 0 saturated carbocycles. The van der Waals surface area contributed by atoms with Crippen molar-refractivity contribution in [3.63, 3.8) is 0 Å². The zero-order valence-electron chi connectivity index (χ0n) is 42.8. The summed E-state index contributed by atoms with van der Waals surface area (Å²) in [7, 11) is 0. The van der Waals surface area contributed by atoms with E-state index in [2.05, 4.69) is 0 Å². The van der Waals surface area contributed by atoms with Crippen LogP contribution in [0.2, 0.25) is 0 Å². The molecule has 1 aromatic heterocycles. The molecule has 0 atom stereocenters. The van der Waals surface area contributed by atoms with E-state index in [0.717, 1.165) is 37.6 Å². The largest absolute Gasteiger partial charge is 0.455 e. The van der Waals surface area contributed by atoms with Gasteiger partial charge < -0.3 is 9.32 Å². The summed E-state index contributed by atoms with van der Waals surface area (Å²) in [6.07, 6.45) is 0. The van der Waals surface area contributed by atoms with Crippen molar-refractivity contribution < 1.29 is 20.9 Å². The maximum absolute atomic E-state index is 9.77. The lowest BCUT2D eigenvalue weighted by Gasteiger charge is -2.28. The third kappa shape index (κ3) is 5.82. The number of hydrogen-bond acceptors (Lipinski definition) is 2. The van der Waals surface area contributed by atoms with E-state index in [1.165, 1.54) is 0 Å². The fourth-order valence-electron chi connectivity index (χ4n) is 7.80. The average Bonchev–Trinajstić information content (AvgIpc) is 3.77. The normalized spacial score (nSPS) is 14.3. The van der Waals surface area contributed by atoms with Gasteiger partial charge in [0.15, 0.2) is 0 Å². The van der Waals surface area contributed by atoms with Crippen LogP contribution in [0.5, 0.6) is 0 Å². The number of anilines is 3. The highest BCUT2D eigenvalue weighted by Crippen LogP contribution is 2.45. The summed E-state index contributed by atoms with van der Waals surface area (Å²) in [5, 5.41) is 4.87. The zero-order chi connectivity index (χ0) is 48.9. The first-order valence-electron chi connectivity index (χ1n) is 24.9. The Morgan fingerprint density at radius 2 is 0.845 bits per heavy atom. The third-order valence-electron chi connectivity index (χ3n) is 10.6. The van der Waals surface area contributed by atoms with E-state index < -0.39 is 89.6 Å². The molecule has 0 unspecified atom stereocenters. The van der Waals surface area contributed by atoms with Crippen molar-refractivity contribution in [2.24, 2.45) is 0 Å². The molecule has 0 N–H and O–H groups in total. The Morgan fingerprint density at radius 1 is 0.345 bits per heavy atom. The van der Waals surface area contributed by atoms with Crippen LogP contribution in [0.3, 0.4) is 0 Å². The van der Waals surface area contributed by atoms with Crippen molar-refractivity contribution in [3.8, 4) is 44.5 Å². The highest BCUT2D eigenvalue weighted by Gasteiger charge is 2.21. The van der Waals surface area contributed by atoms with Crippen molar-refractivity contribution in [3.05, 3.63) is 224 Å². The van der Waals surface area contributed by atoms with Crippen LogP contribution in [0.4, 0.5) is 17.1 Å². The van der Waals surface area contributed by atoms with Crippen LogP contribution >= 0.6 is 0 Å². The Balaban J connectivity index is 1.21. The van der Waals surface area contributed by atoms with Gasteiger partial charge in [-0.15, -0.1) is 0 Å². The maximum Gasteiger partial charge on any atom is 0.143 e. The summed E-state index contributed by atoms with van der Waals surface area (Å²) in [6, 6.07) is 38.7. The predicted octanol–water partition coefficient (Wildman–Crippen LogP) is 16.0. The molecule has 0 aliphatic carbocycles. The average molecular weight is 752 g/mol. The Hall–Kier alpha value is -7.68. The second-order valence-corrected chi connectivity index (χ2v) is 13.9. The molecule has 2 nitrogen and oxygen atoms in total. The number of nitrogens with zero attached hydrogens (tertiary/aromatic N) is 1. The maximum atomic E-state index is 9.77. The van der Waals surface area contributed by atoms with Gasteiger partial charge in [-0.3, -0.25) is 0 Å². The van der Waals surface area contributed by atoms with Gasteiger partial charge in [-0.05, 0) is 91.2 Å². The van der Waals surface area contributed by atoms with Gasteiger partial charge in [0, 0.05) is 33.3 Å². The number of fused-ring (bicyclic) bond motifs is 5. The van der Waals surface area contributed by atoms with Gasteiger partial charge in [-0.25, -0.2) is 0 Å². The Labute approximate surface area is 354 Å². The molecule has 0 saturated heterocycles. The van der Waals surface area contributed by atoms with Gasteiger partial charge in [0.1, 0.15) is 11.2 Å². The molecule has 10 aromatic carbocycles. The van der Waals surface area contributed by atoms with Gasteiger partial charge in [-0.1, -0.05) is 188 Å². The molecule has 0 aliphatic heterocycles. The van der Waals surface area contributed by atoms with Crippen molar-refractivity contribution in [1.82, 2.24) is 0 Å². The van der Waals surface area contributed by atoms with Gasteiger partial charge in [0.05, 0.1) is 22.1 Å². The Morgan fingerprint density at radius 3 is 1.53 bits per heavy atom. The molecular formula is C56H37NO. The molecule has 0 radical (unpaired) electrons. The van der Waals surface area contributed by atoms with Crippen LogP contribution in [0.1, 0.15) is 16.4 Å². The second kappa shape index (κ2) is 14.1. The van der Waals surface area contributed by atoms with Crippen molar-refractivity contribution in [1.29, 1.82) is 0 Å². The van der Waals surface area contributed by atoms with Crippen molar-refractivity contribution in [2.45, 2.75) is 0 Å². The van der Waals surface area contributed by atoms with E-state index in [9.17, 15) is 13.7 Å². The lowest BCUT2D eigenvalue weighted by molar-refractivity contribution is 0.670. The molecule has 0 spiro atoms. The molecular weight excluding hydrogens is 703 g/mol. The van der Waals surface area contributed by atoms with E-state index in [4.69, 9.17) is 7.16 Å². The molecule has 11 rings (SSSR count). The number of rotatable bonds is 7. The van der Waals surface area contributed by atoms with Gasteiger partial charge >= 0.3 is 0 Å². The summed E-state index contributed by atoms with van der Waals surface area (Å²) in [5.74, 6) is 0. The summed E-state index contributed by atoms with van der Waals surface area (Å²) >= 11 is 0. The van der Waals surface area contributed by atoms with E-state index in [1.54, 1.807) is 60.7 Å². The fourth-order valence-corrected chi connectivity index (χ4v) is 7.80. The molecule has 0 fully saturated rings. The first-order chi connectivity index (χ1) is 33.8. The van der Waals surface area contributed by atoms with Crippen molar-refractivity contribution >= 4 is 60.5 Å².